The van der Waals surface area contributed by atoms with Gasteiger partial charge < -0.3 is 16.0 Å². The highest BCUT2D eigenvalue weighted by Gasteiger charge is 2.06. The summed E-state index contributed by atoms with van der Waals surface area (Å²) in [6.45, 7) is 10.1. The van der Waals surface area contributed by atoms with Gasteiger partial charge in [-0.25, -0.2) is 4.99 Å². The molecule has 0 fully saturated rings. The second-order valence-corrected chi connectivity index (χ2v) is 5.19. The molecule has 1 rings (SSSR count). The monoisotopic (exact) mass is 290 g/mol. The van der Waals surface area contributed by atoms with E-state index in [0.29, 0.717) is 12.5 Å². The largest absolute Gasteiger partial charge is 0.370 e. The number of hydrogen-bond donors (Lipinski definition) is 2. The van der Waals surface area contributed by atoms with Crippen LogP contribution in [0.4, 0.5) is 5.69 Å². The van der Waals surface area contributed by atoms with Gasteiger partial charge >= 0.3 is 0 Å². The number of rotatable bonds is 6. The molecular formula is C16H26N4O. The summed E-state index contributed by atoms with van der Waals surface area (Å²) >= 11 is 0. The molecule has 0 heterocycles. The second-order valence-electron chi connectivity index (χ2n) is 5.19. The van der Waals surface area contributed by atoms with Crippen molar-refractivity contribution < 1.29 is 4.79 Å². The molecule has 1 amide bonds. The Hall–Kier alpha value is -2.04. The van der Waals surface area contributed by atoms with Crippen LogP contribution in [0.2, 0.25) is 0 Å². The zero-order valence-corrected chi connectivity index (χ0v) is 13.4. The van der Waals surface area contributed by atoms with Gasteiger partial charge in [0.05, 0.1) is 6.54 Å². The molecule has 116 valence electrons. The van der Waals surface area contributed by atoms with E-state index in [2.05, 4.69) is 24.2 Å². The first-order valence-corrected chi connectivity index (χ1v) is 7.42. The smallest absolute Gasteiger partial charge is 0.226 e. The van der Waals surface area contributed by atoms with E-state index in [1.165, 1.54) is 0 Å². The fraction of sp³-hybridized carbons (Fsp3) is 0.500. The van der Waals surface area contributed by atoms with E-state index in [1.54, 1.807) is 0 Å². The van der Waals surface area contributed by atoms with Crippen molar-refractivity contribution in [3.05, 3.63) is 29.8 Å². The molecular weight excluding hydrogens is 264 g/mol. The van der Waals surface area contributed by atoms with Gasteiger partial charge in [0.2, 0.25) is 5.91 Å². The molecule has 0 unspecified atom stereocenters. The normalized spacial score (nSPS) is 11.6. The van der Waals surface area contributed by atoms with Crippen LogP contribution in [-0.2, 0) is 11.3 Å². The number of carbonyl (C=O) groups is 1. The summed E-state index contributed by atoms with van der Waals surface area (Å²) in [5, 5.41) is 2.86. The van der Waals surface area contributed by atoms with E-state index in [0.717, 1.165) is 24.3 Å². The molecule has 0 bridgehead atoms. The standard InChI is InChI=1S/C16H26N4O/c1-5-20(6-2)16(17)18-11-13-7-9-14(10-8-13)19-15(21)12(3)4/h7-10,12H,5-6,11H2,1-4H3,(H2,17,18)(H,19,21). The Balaban J connectivity index is 2.63. The van der Waals surface area contributed by atoms with Gasteiger partial charge in [0, 0.05) is 24.7 Å². The van der Waals surface area contributed by atoms with Crippen molar-refractivity contribution in [3.63, 3.8) is 0 Å². The molecule has 5 nitrogen and oxygen atoms in total. The average molecular weight is 290 g/mol. The first kappa shape index (κ1) is 17.0. The van der Waals surface area contributed by atoms with E-state index in [9.17, 15) is 4.79 Å². The maximum Gasteiger partial charge on any atom is 0.226 e. The zero-order valence-electron chi connectivity index (χ0n) is 13.4. The Bertz CT molecular complexity index is 476. The molecule has 1 aromatic rings. The number of benzene rings is 1. The molecule has 3 N–H and O–H groups in total. The summed E-state index contributed by atoms with van der Waals surface area (Å²) in [6.07, 6.45) is 0. The van der Waals surface area contributed by atoms with Crippen molar-refractivity contribution in [3.8, 4) is 0 Å². The maximum absolute atomic E-state index is 11.6. The minimum Gasteiger partial charge on any atom is -0.370 e. The zero-order chi connectivity index (χ0) is 15.8. The Kier molecular flexibility index (Phi) is 6.72. The number of carbonyl (C=O) groups excluding carboxylic acids is 1. The van der Waals surface area contributed by atoms with Crippen molar-refractivity contribution in [2.75, 3.05) is 18.4 Å². The quantitative estimate of drug-likeness (QED) is 0.624. The lowest BCUT2D eigenvalue weighted by Gasteiger charge is -2.19. The molecule has 1 aromatic carbocycles. The number of nitrogens with one attached hydrogen (secondary N) is 1. The van der Waals surface area contributed by atoms with Crippen LogP contribution in [0.15, 0.2) is 29.3 Å². The predicted octanol–water partition coefficient (Wildman–Crippen LogP) is 2.44. The highest BCUT2D eigenvalue weighted by molar-refractivity contribution is 5.92. The summed E-state index contributed by atoms with van der Waals surface area (Å²) in [6, 6.07) is 7.68. The summed E-state index contributed by atoms with van der Waals surface area (Å²) in [5.41, 5.74) is 7.80. The lowest BCUT2D eigenvalue weighted by atomic mass is 10.2. The fourth-order valence-electron chi connectivity index (χ4n) is 1.80. The van der Waals surface area contributed by atoms with Crippen LogP contribution in [-0.4, -0.2) is 29.9 Å². The minimum absolute atomic E-state index is 0.0200. The van der Waals surface area contributed by atoms with Crippen molar-refractivity contribution in [1.29, 1.82) is 0 Å². The van der Waals surface area contributed by atoms with Gasteiger partial charge in [-0.05, 0) is 31.5 Å². The summed E-state index contributed by atoms with van der Waals surface area (Å²) < 4.78 is 0. The fourth-order valence-corrected chi connectivity index (χ4v) is 1.80. The lowest BCUT2D eigenvalue weighted by Crippen LogP contribution is -2.37. The van der Waals surface area contributed by atoms with Gasteiger partial charge in [-0.1, -0.05) is 26.0 Å². The number of hydrogen-bond acceptors (Lipinski definition) is 2. The van der Waals surface area contributed by atoms with Gasteiger partial charge in [0.25, 0.3) is 0 Å². The number of nitrogens with zero attached hydrogens (tertiary/aromatic N) is 2. The van der Waals surface area contributed by atoms with Crippen LogP contribution in [0.1, 0.15) is 33.3 Å². The topological polar surface area (TPSA) is 70.7 Å². The Labute approximate surface area is 127 Å². The Morgan fingerprint density at radius 1 is 1.24 bits per heavy atom. The summed E-state index contributed by atoms with van der Waals surface area (Å²) in [5.74, 6) is 0.562. The van der Waals surface area contributed by atoms with Crippen molar-refractivity contribution >= 4 is 17.6 Å². The van der Waals surface area contributed by atoms with Crippen LogP contribution in [0.5, 0.6) is 0 Å². The molecule has 0 aliphatic heterocycles. The number of aliphatic imine (C=N–C) groups is 1. The maximum atomic E-state index is 11.6. The van der Waals surface area contributed by atoms with Crippen molar-refractivity contribution in [1.82, 2.24) is 4.90 Å². The number of anilines is 1. The van der Waals surface area contributed by atoms with E-state index in [-0.39, 0.29) is 11.8 Å². The van der Waals surface area contributed by atoms with Gasteiger partial charge in [0.15, 0.2) is 5.96 Å². The second kappa shape index (κ2) is 8.29. The van der Waals surface area contributed by atoms with Crippen LogP contribution in [0.3, 0.4) is 0 Å². The highest BCUT2D eigenvalue weighted by Crippen LogP contribution is 2.11. The van der Waals surface area contributed by atoms with Crippen molar-refractivity contribution in [2.45, 2.75) is 34.2 Å². The molecule has 0 aliphatic rings. The third-order valence-electron chi connectivity index (χ3n) is 3.26. The van der Waals surface area contributed by atoms with E-state index < -0.39 is 0 Å². The van der Waals surface area contributed by atoms with E-state index >= 15 is 0 Å². The Morgan fingerprint density at radius 3 is 2.29 bits per heavy atom. The molecule has 0 saturated carbocycles. The lowest BCUT2D eigenvalue weighted by molar-refractivity contribution is -0.118. The van der Waals surface area contributed by atoms with Gasteiger partial charge in [-0.3, -0.25) is 4.79 Å². The molecule has 0 aromatic heterocycles. The molecule has 0 saturated heterocycles. The van der Waals surface area contributed by atoms with Crippen molar-refractivity contribution in [2.24, 2.45) is 16.6 Å². The molecule has 0 spiro atoms. The van der Waals surface area contributed by atoms with E-state index in [1.807, 2.05) is 43.0 Å². The molecule has 0 aliphatic carbocycles. The first-order chi connectivity index (χ1) is 9.97. The number of guanidine groups is 1. The van der Waals surface area contributed by atoms with Crippen LogP contribution < -0.4 is 11.1 Å². The third-order valence-corrected chi connectivity index (χ3v) is 3.26. The molecule has 5 heteroatoms. The first-order valence-electron chi connectivity index (χ1n) is 7.42. The highest BCUT2D eigenvalue weighted by atomic mass is 16.1. The van der Waals surface area contributed by atoms with Crippen LogP contribution >= 0.6 is 0 Å². The van der Waals surface area contributed by atoms with E-state index in [4.69, 9.17) is 5.73 Å². The molecule has 0 atom stereocenters. The van der Waals surface area contributed by atoms with Crippen LogP contribution in [0.25, 0.3) is 0 Å². The summed E-state index contributed by atoms with van der Waals surface area (Å²) in [4.78, 5) is 18.0. The SMILES string of the molecule is CCN(CC)C(N)=NCc1ccc(NC(=O)C(C)C)cc1. The Morgan fingerprint density at radius 2 is 1.81 bits per heavy atom. The number of amides is 1. The van der Waals surface area contributed by atoms with Crippen LogP contribution in [0, 0.1) is 5.92 Å². The molecule has 21 heavy (non-hydrogen) atoms. The van der Waals surface area contributed by atoms with Gasteiger partial charge in [-0.15, -0.1) is 0 Å². The predicted molar refractivity (Wildman–Crippen MR) is 88.2 cm³/mol. The third kappa shape index (κ3) is 5.45. The molecule has 0 radical (unpaired) electrons. The number of nitrogens with two attached hydrogens (primary N) is 1. The summed E-state index contributed by atoms with van der Waals surface area (Å²) in [7, 11) is 0. The minimum atomic E-state index is -0.0249. The van der Waals surface area contributed by atoms with Gasteiger partial charge in [0.1, 0.15) is 0 Å². The van der Waals surface area contributed by atoms with Gasteiger partial charge in [-0.2, -0.15) is 0 Å². The average Bonchev–Trinajstić information content (AvgIpc) is 2.47.